The van der Waals surface area contributed by atoms with Crippen molar-refractivity contribution in [2.45, 2.75) is 65.0 Å². The Hall–Kier alpha value is -2.32. The predicted octanol–water partition coefficient (Wildman–Crippen LogP) is 7.34. The number of rotatable bonds is 4. The fourth-order valence-electron chi connectivity index (χ4n) is 5.96. The number of halogens is 3. The molecular formula is C28H35F3N4S. The number of hydrogen-bond acceptors (Lipinski definition) is 5. The van der Waals surface area contributed by atoms with E-state index in [2.05, 4.69) is 77.3 Å². The number of para-hydroxylation sites is 1. The molecule has 2 aromatic rings. The molecule has 0 radical (unpaired) electrons. The van der Waals surface area contributed by atoms with Crippen LogP contribution < -0.4 is 10.2 Å². The van der Waals surface area contributed by atoms with Crippen LogP contribution in [0.2, 0.25) is 0 Å². The van der Waals surface area contributed by atoms with Gasteiger partial charge in [0.05, 0.1) is 5.70 Å². The van der Waals surface area contributed by atoms with E-state index in [0.717, 1.165) is 74.6 Å². The van der Waals surface area contributed by atoms with E-state index >= 15 is 0 Å². The molecule has 3 aliphatic rings. The summed E-state index contributed by atoms with van der Waals surface area (Å²) >= 11 is 1.07. The van der Waals surface area contributed by atoms with Gasteiger partial charge in [-0.2, -0.15) is 13.2 Å². The minimum Gasteiger partial charge on any atom is -0.339 e. The van der Waals surface area contributed by atoms with Crippen molar-refractivity contribution < 1.29 is 13.2 Å². The molecule has 1 aliphatic carbocycles. The summed E-state index contributed by atoms with van der Waals surface area (Å²) in [6.45, 7) is 12.5. The first-order valence-electron chi connectivity index (χ1n) is 12.8. The van der Waals surface area contributed by atoms with E-state index in [9.17, 15) is 13.2 Å². The second-order valence-electron chi connectivity index (χ2n) is 11.6. The Bertz CT molecular complexity index is 1180. The van der Waals surface area contributed by atoms with Crippen LogP contribution >= 0.6 is 11.3 Å². The number of hydrogen-bond donors (Lipinski definition) is 1. The highest BCUT2D eigenvalue weighted by atomic mass is 32.1. The number of nitrogens with one attached hydrogen (secondary N) is 1. The molecular weight excluding hydrogens is 481 g/mol. The summed E-state index contributed by atoms with van der Waals surface area (Å²) in [5, 5.41) is 3.59. The third-order valence-corrected chi connectivity index (χ3v) is 8.38. The molecule has 194 valence electrons. The maximum absolute atomic E-state index is 13.3. The molecule has 1 aromatic carbocycles. The predicted molar refractivity (Wildman–Crippen MR) is 141 cm³/mol. The van der Waals surface area contributed by atoms with Gasteiger partial charge in [0.15, 0.2) is 10.8 Å². The van der Waals surface area contributed by atoms with Gasteiger partial charge in [-0.3, -0.25) is 0 Å². The lowest BCUT2D eigenvalue weighted by Crippen LogP contribution is -2.47. The van der Waals surface area contributed by atoms with E-state index in [0.29, 0.717) is 5.13 Å². The first kappa shape index (κ1) is 25.3. The zero-order valence-corrected chi connectivity index (χ0v) is 22.3. The summed E-state index contributed by atoms with van der Waals surface area (Å²) in [7, 11) is 0. The molecule has 3 heterocycles. The van der Waals surface area contributed by atoms with Crippen LogP contribution in [0, 0.1) is 12.3 Å². The molecule has 0 amide bonds. The van der Waals surface area contributed by atoms with E-state index in [4.69, 9.17) is 0 Å². The third-order valence-electron chi connectivity index (χ3n) is 7.50. The van der Waals surface area contributed by atoms with E-state index in [1.54, 1.807) is 0 Å². The molecule has 0 unspecified atom stereocenters. The average Bonchev–Trinajstić information content (AvgIpc) is 3.33. The lowest BCUT2D eigenvalue weighted by molar-refractivity contribution is -0.141. The molecule has 2 aliphatic heterocycles. The summed E-state index contributed by atoms with van der Waals surface area (Å²) in [5.74, 6) is 0. The zero-order valence-electron chi connectivity index (χ0n) is 21.5. The molecule has 5 rings (SSSR count). The average molecular weight is 517 g/mol. The Morgan fingerprint density at radius 2 is 1.83 bits per heavy atom. The van der Waals surface area contributed by atoms with Crippen molar-refractivity contribution >= 4 is 22.2 Å². The summed E-state index contributed by atoms with van der Waals surface area (Å²) in [4.78, 5) is 9.06. The van der Waals surface area contributed by atoms with Crippen molar-refractivity contribution in [2.75, 3.05) is 36.4 Å². The highest BCUT2D eigenvalue weighted by molar-refractivity contribution is 7.15. The van der Waals surface area contributed by atoms with E-state index < -0.39 is 11.9 Å². The Balaban J connectivity index is 1.44. The number of allylic oxidation sites excluding steroid dienone is 3. The minimum atomic E-state index is -4.44. The van der Waals surface area contributed by atoms with Crippen molar-refractivity contribution in [2.24, 2.45) is 5.41 Å². The number of anilines is 2. The topological polar surface area (TPSA) is 31.4 Å². The van der Waals surface area contributed by atoms with E-state index in [1.165, 1.54) is 18.2 Å². The largest absolute Gasteiger partial charge is 0.434 e. The molecule has 4 nitrogen and oxygen atoms in total. The van der Waals surface area contributed by atoms with Crippen LogP contribution in [0.3, 0.4) is 0 Å². The summed E-state index contributed by atoms with van der Waals surface area (Å²) < 4.78 is 40.0. The first-order valence-corrected chi connectivity index (χ1v) is 13.6. The van der Waals surface area contributed by atoms with Crippen LogP contribution in [0.25, 0.3) is 0 Å². The summed E-state index contributed by atoms with van der Waals surface area (Å²) in [6.07, 6.45) is 3.66. The number of benzene rings is 1. The van der Waals surface area contributed by atoms with Crippen LogP contribution in [0.5, 0.6) is 0 Å². The van der Waals surface area contributed by atoms with Crippen molar-refractivity contribution in [1.29, 1.82) is 0 Å². The molecule has 1 N–H and O–H groups in total. The standard InChI is InChI=1S/C28H35F3N4S/c1-19-24(28(29,30)31)33-25(36-19)32-21-10-6-8-12-23(21)35-18-27(20-9-5-7-11-22(20)35)13-15-34(16-14-27)17-26(2,3)4/h5,7-9,11-12H,6,10,13-18H2,1-4H3,(H,32,33). The Labute approximate surface area is 215 Å². The molecule has 1 saturated heterocycles. The Morgan fingerprint density at radius 1 is 1.11 bits per heavy atom. The SMILES string of the molecule is Cc1sc(NC2=C(N3CC4(CCN(CC(C)(C)C)CC4)c4ccccc43)C=CCC2)nc1C(F)(F)F. The highest BCUT2D eigenvalue weighted by Gasteiger charge is 2.46. The number of likely N-dealkylation sites (tertiary alicyclic amines) is 1. The van der Waals surface area contributed by atoms with Crippen LogP contribution in [-0.2, 0) is 11.6 Å². The van der Waals surface area contributed by atoms with Gasteiger partial charge >= 0.3 is 6.18 Å². The van der Waals surface area contributed by atoms with E-state index in [1.807, 2.05) is 0 Å². The van der Waals surface area contributed by atoms with Gasteiger partial charge in [0.2, 0.25) is 0 Å². The normalized spacial score (nSPS) is 20.4. The molecule has 0 atom stereocenters. The van der Waals surface area contributed by atoms with Crippen molar-refractivity contribution in [1.82, 2.24) is 9.88 Å². The number of piperidine rings is 1. The van der Waals surface area contributed by atoms with E-state index in [-0.39, 0.29) is 15.7 Å². The molecule has 1 fully saturated rings. The minimum absolute atomic E-state index is 0.0929. The van der Waals surface area contributed by atoms with Crippen molar-refractivity contribution in [3.8, 4) is 0 Å². The quantitative estimate of drug-likeness (QED) is 0.461. The molecule has 36 heavy (non-hydrogen) atoms. The number of fused-ring (bicyclic) bond motifs is 2. The van der Waals surface area contributed by atoms with Crippen LogP contribution in [-0.4, -0.2) is 36.1 Å². The smallest absolute Gasteiger partial charge is 0.339 e. The van der Waals surface area contributed by atoms with Gasteiger partial charge in [0.25, 0.3) is 0 Å². The number of thiazole rings is 1. The Morgan fingerprint density at radius 3 is 2.50 bits per heavy atom. The third kappa shape index (κ3) is 4.94. The number of aryl methyl sites for hydroxylation is 1. The van der Waals surface area contributed by atoms with Crippen LogP contribution in [0.15, 0.2) is 47.8 Å². The zero-order chi connectivity index (χ0) is 25.7. The lowest BCUT2D eigenvalue weighted by Gasteiger charge is -2.42. The fraction of sp³-hybridized carbons (Fsp3) is 0.536. The van der Waals surface area contributed by atoms with Crippen LogP contribution in [0.4, 0.5) is 24.0 Å². The van der Waals surface area contributed by atoms with Crippen molar-refractivity contribution in [3.05, 3.63) is 63.9 Å². The molecule has 8 heteroatoms. The van der Waals surface area contributed by atoms with Gasteiger partial charge in [-0.1, -0.05) is 45.0 Å². The van der Waals surface area contributed by atoms with Gasteiger partial charge in [-0.15, -0.1) is 11.3 Å². The summed E-state index contributed by atoms with van der Waals surface area (Å²) in [6, 6.07) is 8.68. The summed E-state index contributed by atoms with van der Waals surface area (Å²) in [5.41, 5.74) is 4.18. The van der Waals surface area contributed by atoms with Gasteiger partial charge < -0.3 is 15.1 Å². The van der Waals surface area contributed by atoms with Gasteiger partial charge in [0, 0.05) is 34.8 Å². The van der Waals surface area contributed by atoms with Gasteiger partial charge in [-0.25, -0.2) is 4.98 Å². The maximum atomic E-state index is 13.3. The number of nitrogens with zero attached hydrogens (tertiary/aromatic N) is 3. The maximum Gasteiger partial charge on any atom is 0.434 e. The highest BCUT2D eigenvalue weighted by Crippen LogP contribution is 2.49. The number of alkyl halides is 3. The monoisotopic (exact) mass is 516 g/mol. The van der Waals surface area contributed by atoms with Gasteiger partial charge in [0.1, 0.15) is 0 Å². The van der Waals surface area contributed by atoms with Crippen molar-refractivity contribution in [3.63, 3.8) is 0 Å². The first-order chi connectivity index (χ1) is 17.0. The molecule has 0 saturated carbocycles. The molecule has 0 bridgehead atoms. The molecule has 1 spiro atoms. The van der Waals surface area contributed by atoms with Gasteiger partial charge in [-0.05, 0) is 68.8 Å². The Kier molecular flexibility index (Phi) is 6.48. The fourth-order valence-corrected chi connectivity index (χ4v) is 6.81. The second-order valence-corrected chi connectivity index (χ2v) is 12.8. The number of aromatic nitrogens is 1. The molecule has 1 aromatic heterocycles. The lowest BCUT2D eigenvalue weighted by atomic mass is 9.74. The second kappa shape index (κ2) is 9.21. The van der Waals surface area contributed by atoms with Crippen LogP contribution in [0.1, 0.15) is 62.6 Å².